The van der Waals surface area contributed by atoms with Crippen LogP contribution in [0.5, 0.6) is 11.5 Å². The first-order valence-corrected chi connectivity index (χ1v) is 12.0. The third kappa shape index (κ3) is 6.19. The second-order valence-corrected chi connectivity index (χ2v) is 9.28. The highest BCUT2D eigenvalue weighted by Crippen LogP contribution is 2.33. The van der Waals surface area contributed by atoms with Crippen LogP contribution < -0.4 is 9.47 Å². The van der Waals surface area contributed by atoms with E-state index in [2.05, 4.69) is 24.8 Å². The minimum absolute atomic E-state index is 0.0490. The van der Waals surface area contributed by atoms with E-state index in [-0.39, 0.29) is 25.2 Å². The van der Waals surface area contributed by atoms with Crippen molar-refractivity contribution >= 4 is 5.91 Å². The first kappa shape index (κ1) is 23.9. The predicted molar refractivity (Wildman–Crippen MR) is 123 cm³/mol. The molecule has 3 aliphatic heterocycles. The molecule has 0 unspecified atom stereocenters. The van der Waals surface area contributed by atoms with Gasteiger partial charge in [-0.15, -0.1) is 0 Å². The fourth-order valence-electron chi connectivity index (χ4n) is 4.39. The van der Waals surface area contributed by atoms with Gasteiger partial charge in [0.2, 0.25) is 13.1 Å². The minimum Gasteiger partial charge on any atom is -0.459 e. The molecule has 182 valence electrons. The Morgan fingerprint density at radius 1 is 1.15 bits per heavy atom. The summed E-state index contributed by atoms with van der Waals surface area (Å²) in [4.78, 5) is 17.5. The van der Waals surface area contributed by atoms with Crippen molar-refractivity contribution in [2.75, 3.05) is 46.2 Å². The van der Waals surface area contributed by atoms with Crippen LogP contribution >= 0.6 is 0 Å². The molecule has 0 aliphatic carbocycles. The zero-order chi connectivity index (χ0) is 23.2. The molecule has 0 aromatic heterocycles. The topological polar surface area (TPSA) is 80.7 Å². The van der Waals surface area contributed by atoms with Gasteiger partial charge in [-0.3, -0.25) is 9.69 Å². The number of aliphatic hydroxyl groups is 1. The Labute approximate surface area is 196 Å². The highest BCUT2D eigenvalue weighted by atomic mass is 16.7. The van der Waals surface area contributed by atoms with E-state index in [9.17, 15) is 4.79 Å². The zero-order valence-corrected chi connectivity index (χ0v) is 19.7. The van der Waals surface area contributed by atoms with Crippen LogP contribution in [-0.2, 0) is 20.8 Å². The van der Waals surface area contributed by atoms with Gasteiger partial charge in [0.25, 0.3) is 5.91 Å². The van der Waals surface area contributed by atoms with Crippen molar-refractivity contribution < 1.29 is 28.8 Å². The summed E-state index contributed by atoms with van der Waals surface area (Å²) in [5.74, 6) is 2.61. The molecule has 3 aliphatic rings. The molecular weight excluding hydrogens is 424 g/mol. The first-order valence-electron chi connectivity index (χ1n) is 12.0. The van der Waals surface area contributed by atoms with E-state index in [1.54, 1.807) is 0 Å². The van der Waals surface area contributed by atoms with Gasteiger partial charge in [-0.05, 0) is 48.4 Å². The maximum Gasteiger partial charge on any atom is 0.288 e. The number of fused-ring (bicyclic) bond motifs is 1. The molecular formula is C25H36N2O6. The normalized spacial score (nSPS) is 22.9. The molecule has 2 atom stereocenters. The highest BCUT2D eigenvalue weighted by molar-refractivity contribution is 5.91. The summed E-state index contributed by atoms with van der Waals surface area (Å²) in [6.07, 6.45) is 3.81. The molecule has 1 fully saturated rings. The number of aliphatic hydroxyl groups excluding tert-OH is 1. The van der Waals surface area contributed by atoms with Gasteiger partial charge in [-0.1, -0.05) is 19.9 Å². The smallest absolute Gasteiger partial charge is 0.288 e. The molecule has 0 spiro atoms. The van der Waals surface area contributed by atoms with Crippen molar-refractivity contribution in [3.05, 3.63) is 35.6 Å². The quantitative estimate of drug-likeness (QED) is 0.568. The fraction of sp³-hybridized carbons (Fsp3) is 0.640. The fourth-order valence-corrected chi connectivity index (χ4v) is 4.39. The second kappa shape index (κ2) is 11.2. The number of amides is 1. The molecule has 0 bridgehead atoms. The van der Waals surface area contributed by atoms with Crippen LogP contribution in [0.15, 0.2) is 30.0 Å². The maximum atomic E-state index is 13.2. The lowest BCUT2D eigenvalue weighted by Gasteiger charge is -2.37. The van der Waals surface area contributed by atoms with E-state index in [0.29, 0.717) is 37.8 Å². The summed E-state index contributed by atoms with van der Waals surface area (Å²) < 4.78 is 22.7. The lowest BCUT2D eigenvalue weighted by Crippen LogP contribution is -2.49. The Kier molecular flexibility index (Phi) is 8.11. The molecule has 1 amide bonds. The summed E-state index contributed by atoms with van der Waals surface area (Å²) in [6, 6.07) is 6.06. The highest BCUT2D eigenvalue weighted by Gasteiger charge is 2.32. The zero-order valence-electron chi connectivity index (χ0n) is 19.7. The Hall–Kier alpha value is -2.29. The van der Waals surface area contributed by atoms with Crippen LogP contribution in [0, 0.1) is 11.8 Å². The van der Waals surface area contributed by atoms with Crippen molar-refractivity contribution in [2.24, 2.45) is 11.8 Å². The Balaban J connectivity index is 1.30. The van der Waals surface area contributed by atoms with Gasteiger partial charge in [-0.2, -0.15) is 0 Å². The van der Waals surface area contributed by atoms with Gasteiger partial charge in [0.1, 0.15) is 0 Å². The van der Waals surface area contributed by atoms with E-state index in [1.807, 2.05) is 23.1 Å². The number of ether oxygens (including phenoxy) is 4. The molecule has 8 nitrogen and oxygen atoms in total. The number of hydrogen-bond acceptors (Lipinski definition) is 7. The number of nitrogens with zero attached hydrogens (tertiary/aromatic N) is 2. The van der Waals surface area contributed by atoms with Gasteiger partial charge in [0.15, 0.2) is 17.3 Å². The average Bonchev–Trinajstić information content (AvgIpc) is 3.30. The van der Waals surface area contributed by atoms with E-state index < -0.39 is 6.29 Å². The van der Waals surface area contributed by atoms with Crippen LogP contribution in [0.1, 0.15) is 38.7 Å². The predicted octanol–water partition coefficient (Wildman–Crippen LogP) is 2.75. The van der Waals surface area contributed by atoms with Crippen molar-refractivity contribution in [3.8, 4) is 11.5 Å². The number of unbranched alkanes of at least 4 members (excludes halogenated alkanes) is 1. The third-order valence-electron chi connectivity index (χ3n) is 6.51. The maximum absolute atomic E-state index is 13.2. The van der Waals surface area contributed by atoms with Crippen molar-refractivity contribution in [1.29, 1.82) is 0 Å². The summed E-state index contributed by atoms with van der Waals surface area (Å²) in [7, 11) is 0. The van der Waals surface area contributed by atoms with E-state index in [1.165, 1.54) is 5.56 Å². The van der Waals surface area contributed by atoms with Crippen LogP contribution in [0.2, 0.25) is 0 Å². The van der Waals surface area contributed by atoms with Gasteiger partial charge in [0, 0.05) is 45.8 Å². The molecule has 8 heteroatoms. The summed E-state index contributed by atoms with van der Waals surface area (Å²) in [6.45, 7) is 9.05. The lowest BCUT2D eigenvalue weighted by atomic mass is 9.90. The standard InChI is InChI=1S/C25H36N2O6/c1-18(2)20-14-23(33-24(15-20)30-12-4-3-11-28)25(29)27-9-7-26(8-10-27)16-19-5-6-21-22(13-19)32-17-31-21/h5-6,13-14,18,20,24,28H,3-4,7-12,15-17H2,1-2H3/t20-,24+/m1/s1. The van der Waals surface area contributed by atoms with Crippen molar-refractivity contribution in [3.63, 3.8) is 0 Å². The van der Waals surface area contributed by atoms with Crippen LogP contribution in [0.25, 0.3) is 0 Å². The number of carbonyl (C=O) groups excluding carboxylic acids is 1. The third-order valence-corrected chi connectivity index (χ3v) is 6.51. The SMILES string of the molecule is CC(C)[C@@H]1C=C(C(=O)N2CCN(Cc3ccc4c(c3)OCO4)CC2)O[C@H](OCCCCO)C1. The Bertz CT molecular complexity index is 834. The lowest BCUT2D eigenvalue weighted by molar-refractivity contribution is -0.157. The van der Waals surface area contributed by atoms with Gasteiger partial charge < -0.3 is 29.0 Å². The Morgan fingerprint density at radius 3 is 2.70 bits per heavy atom. The van der Waals surface area contributed by atoms with Gasteiger partial charge >= 0.3 is 0 Å². The summed E-state index contributed by atoms with van der Waals surface area (Å²) in [5, 5.41) is 8.96. The number of piperazine rings is 1. The Morgan fingerprint density at radius 2 is 1.94 bits per heavy atom. The number of benzene rings is 1. The molecule has 33 heavy (non-hydrogen) atoms. The van der Waals surface area contributed by atoms with E-state index >= 15 is 0 Å². The molecule has 1 saturated heterocycles. The van der Waals surface area contributed by atoms with Crippen LogP contribution in [0.3, 0.4) is 0 Å². The molecule has 4 rings (SSSR count). The van der Waals surface area contributed by atoms with Crippen LogP contribution in [0.4, 0.5) is 0 Å². The minimum atomic E-state index is -0.410. The molecule has 1 aromatic rings. The summed E-state index contributed by atoms with van der Waals surface area (Å²) in [5.41, 5.74) is 1.18. The average molecular weight is 461 g/mol. The van der Waals surface area contributed by atoms with Crippen molar-refractivity contribution in [2.45, 2.75) is 45.9 Å². The second-order valence-electron chi connectivity index (χ2n) is 9.28. The monoisotopic (exact) mass is 460 g/mol. The number of carbonyl (C=O) groups is 1. The molecule has 1 aromatic carbocycles. The number of rotatable bonds is 9. The van der Waals surface area contributed by atoms with Gasteiger partial charge in [0.05, 0.1) is 6.61 Å². The van der Waals surface area contributed by atoms with Crippen molar-refractivity contribution in [1.82, 2.24) is 9.80 Å². The summed E-state index contributed by atoms with van der Waals surface area (Å²) >= 11 is 0. The molecule has 0 saturated carbocycles. The van der Waals surface area contributed by atoms with E-state index in [0.717, 1.165) is 44.0 Å². The molecule has 1 N–H and O–H groups in total. The molecule has 0 radical (unpaired) electrons. The number of allylic oxidation sites excluding steroid dienone is 1. The largest absolute Gasteiger partial charge is 0.459 e. The van der Waals surface area contributed by atoms with E-state index in [4.69, 9.17) is 24.1 Å². The first-order chi connectivity index (χ1) is 16.0. The molecule has 3 heterocycles. The van der Waals surface area contributed by atoms with Gasteiger partial charge in [-0.25, -0.2) is 0 Å². The number of hydrogen-bond donors (Lipinski definition) is 1. The van der Waals surface area contributed by atoms with Crippen LogP contribution in [-0.4, -0.2) is 73.3 Å².